The minimum absolute atomic E-state index is 0.0529. The first-order chi connectivity index (χ1) is 14.8. The highest BCUT2D eigenvalue weighted by molar-refractivity contribution is 5.93. The quantitative estimate of drug-likeness (QED) is 0.693. The van der Waals surface area contributed by atoms with Gasteiger partial charge in [-0.25, -0.2) is 9.97 Å². The fourth-order valence-electron chi connectivity index (χ4n) is 2.80. The number of hydrogen-bond acceptors (Lipinski definition) is 8. The molecule has 0 saturated heterocycles. The Morgan fingerprint density at radius 3 is 2.48 bits per heavy atom. The van der Waals surface area contributed by atoms with Gasteiger partial charge in [-0.05, 0) is 32.8 Å². The molecular weight excluding hydrogens is 396 g/mol. The number of likely N-dealkylation sites (N-methyl/N-ethyl adjacent to an activating group) is 1. The highest BCUT2D eigenvalue weighted by Gasteiger charge is 2.29. The van der Waals surface area contributed by atoms with Crippen molar-refractivity contribution in [2.75, 3.05) is 17.7 Å². The van der Waals surface area contributed by atoms with Crippen LogP contribution in [0.15, 0.2) is 24.7 Å². The van der Waals surface area contributed by atoms with E-state index >= 15 is 0 Å². The third kappa shape index (κ3) is 5.11. The Kier molecular flexibility index (Phi) is 6.41. The fourth-order valence-corrected chi connectivity index (χ4v) is 2.80. The third-order valence-corrected chi connectivity index (χ3v) is 5.00. The summed E-state index contributed by atoms with van der Waals surface area (Å²) < 4.78 is 0. The number of anilines is 2. The van der Waals surface area contributed by atoms with E-state index < -0.39 is 12.1 Å². The molecule has 158 valence electrons. The minimum Gasteiger partial charge on any atom is -0.372 e. The van der Waals surface area contributed by atoms with Crippen LogP contribution in [-0.4, -0.2) is 50.8 Å². The molecule has 2 N–H and O–H groups in total. The van der Waals surface area contributed by atoms with E-state index in [2.05, 4.69) is 25.6 Å². The van der Waals surface area contributed by atoms with E-state index in [1.165, 1.54) is 23.5 Å². The predicted molar refractivity (Wildman–Crippen MR) is 112 cm³/mol. The largest absolute Gasteiger partial charge is 0.372 e. The Hall–Kier alpha value is -4.05. The van der Waals surface area contributed by atoms with Crippen molar-refractivity contribution in [3.8, 4) is 23.4 Å². The van der Waals surface area contributed by atoms with Gasteiger partial charge in [-0.3, -0.25) is 14.6 Å². The van der Waals surface area contributed by atoms with Gasteiger partial charge in [0.05, 0.1) is 29.8 Å². The second-order valence-corrected chi connectivity index (χ2v) is 7.40. The lowest BCUT2D eigenvalue weighted by molar-refractivity contribution is -0.131. The summed E-state index contributed by atoms with van der Waals surface area (Å²) in [4.78, 5) is 38.4. The molecule has 10 heteroatoms. The lowest BCUT2D eigenvalue weighted by Crippen LogP contribution is -2.43. The molecule has 0 aliphatic heterocycles. The highest BCUT2D eigenvalue weighted by Crippen LogP contribution is 2.30. The first-order valence-corrected chi connectivity index (χ1v) is 9.80. The summed E-state index contributed by atoms with van der Waals surface area (Å²) in [5.74, 6) is 0.0917. The second kappa shape index (κ2) is 9.18. The Bertz CT molecular complexity index is 1070. The van der Waals surface area contributed by atoms with Crippen LogP contribution in [0.1, 0.15) is 32.4 Å². The summed E-state index contributed by atoms with van der Waals surface area (Å²) in [5.41, 5.74) is 1.58. The first kappa shape index (κ1) is 21.7. The van der Waals surface area contributed by atoms with Crippen molar-refractivity contribution < 1.29 is 9.59 Å². The van der Waals surface area contributed by atoms with Crippen LogP contribution in [0, 0.1) is 28.6 Å². The molecule has 1 aliphatic carbocycles. The number of amides is 2. The number of rotatable bonds is 7. The van der Waals surface area contributed by atoms with Crippen LogP contribution in [0.4, 0.5) is 11.5 Å². The van der Waals surface area contributed by atoms with Crippen molar-refractivity contribution in [3.05, 3.63) is 30.4 Å². The fraction of sp³-hybridized carbons (Fsp3) is 0.381. The summed E-state index contributed by atoms with van der Waals surface area (Å²) >= 11 is 0. The van der Waals surface area contributed by atoms with Gasteiger partial charge >= 0.3 is 0 Å². The van der Waals surface area contributed by atoms with Crippen molar-refractivity contribution in [2.24, 2.45) is 5.92 Å². The number of carbonyl (C=O) groups excluding carboxylic acids is 2. The van der Waals surface area contributed by atoms with Crippen molar-refractivity contribution in [1.82, 2.24) is 19.9 Å². The number of nitrogens with zero attached hydrogens (tertiary/aromatic N) is 6. The van der Waals surface area contributed by atoms with Gasteiger partial charge in [0.25, 0.3) is 0 Å². The molecule has 31 heavy (non-hydrogen) atoms. The van der Waals surface area contributed by atoms with Crippen LogP contribution < -0.4 is 10.6 Å². The van der Waals surface area contributed by atoms with Gasteiger partial charge in [-0.1, -0.05) is 0 Å². The maximum atomic E-state index is 12.5. The third-order valence-electron chi connectivity index (χ3n) is 5.00. The molecule has 0 radical (unpaired) electrons. The molecule has 0 aromatic carbocycles. The molecule has 2 aromatic rings. The Morgan fingerprint density at radius 2 is 1.90 bits per heavy atom. The monoisotopic (exact) mass is 418 g/mol. The zero-order valence-electron chi connectivity index (χ0n) is 17.5. The summed E-state index contributed by atoms with van der Waals surface area (Å²) in [6.07, 6.45) is 6.26. The van der Waals surface area contributed by atoms with Gasteiger partial charge in [0.2, 0.25) is 11.8 Å². The Balaban J connectivity index is 1.77. The predicted octanol–water partition coefficient (Wildman–Crippen LogP) is 1.93. The van der Waals surface area contributed by atoms with Crippen LogP contribution in [-0.2, 0) is 9.59 Å². The SMILES string of the molecule is CC(Nc1cc(-c2cnc(NC(=O)C3CC3)cn2)cnc1C#N)C(=O)N(C)[C@@H](C)C#N. The summed E-state index contributed by atoms with van der Waals surface area (Å²) in [6.45, 7) is 3.27. The average molecular weight is 418 g/mol. The van der Waals surface area contributed by atoms with Gasteiger partial charge in [0, 0.05) is 24.7 Å². The molecule has 3 rings (SSSR count). The Morgan fingerprint density at radius 1 is 1.16 bits per heavy atom. The lowest BCUT2D eigenvalue weighted by Gasteiger charge is -2.24. The first-order valence-electron chi connectivity index (χ1n) is 9.80. The Labute approximate surface area is 179 Å². The number of hydrogen-bond donors (Lipinski definition) is 2. The van der Waals surface area contributed by atoms with Gasteiger partial charge in [0.15, 0.2) is 11.5 Å². The van der Waals surface area contributed by atoms with Gasteiger partial charge < -0.3 is 15.5 Å². The molecule has 10 nitrogen and oxygen atoms in total. The van der Waals surface area contributed by atoms with E-state index in [4.69, 9.17) is 5.26 Å². The van der Waals surface area contributed by atoms with Gasteiger partial charge in [-0.2, -0.15) is 10.5 Å². The summed E-state index contributed by atoms with van der Waals surface area (Å²) in [5, 5.41) is 24.1. The van der Waals surface area contributed by atoms with E-state index in [0.717, 1.165) is 12.8 Å². The highest BCUT2D eigenvalue weighted by atomic mass is 16.2. The maximum Gasteiger partial charge on any atom is 0.245 e. The van der Waals surface area contributed by atoms with E-state index in [1.54, 1.807) is 27.0 Å². The number of aromatic nitrogens is 3. The molecule has 0 bridgehead atoms. The molecule has 0 spiro atoms. The summed E-state index contributed by atoms with van der Waals surface area (Å²) in [7, 11) is 1.55. The molecule has 1 unspecified atom stereocenters. The number of nitrogens with one attached hydrogen (secondary N) is 2. The molecule has 2 amide bonds. The number of nitriles is 2. The molecule has 2 heterocycles. The molecule has 1 aliphatic rings. The van der Waals surface area contributed by atoms with Crippen molar-refractivity contribution >= 4 is 23.3 Å². The smallest absolute Gasteiger partial charge is 0.245 e. The second-order valence-electron chi connectivity index (χ2n) is 7.40. The van der Waals surface area contributed by atoms with E-state index in [0.29, 0.717) is 22.8 Å². The average Bonchev–Trinajstić information content (AvgIpc) is 3.63. The molecule has 1 fully saturated rings. The zero-order valence-corrected chi connectivity index (χ0v) is 17.5. The number of carbonyl (C=O) groups is 2. The number of pyridine rings is 1. The van der Waals surface area contributed by atoms with Crippen molar-refractivity contribution in [1.29, 1.82) is 10.5 Å². The zero-order chi connectivity index (χ0) is 22.5. The lowest BCUT2D eigenvalue weighted by atomic mass is 10.1. The normalized spacial score (nSPS) is 14.5. The minimum atomic E-state index is -0.684. The van der Waals surface area contributed by atoms with Gasteiger partial charge in [-0.15, -0.1) is 0 Å². The standard InChI is InChI=1S/C21H22N8O2/c1-12(7-22)29(3)21(31)13(2)27-16-6-15(9-24-17(16)8-23)18-10-26-19(11-25-18)28-20(30)14-4-5-14/h6,9-14,27H,4-5H2,1-3H3,(H,26,28,30)/t12-,13?/m0/s1. The van der Waals surface area contributed by atoms with Crippen molar-refractivity contribution in [2.45, 2.75) is 38.8 Å². The molecule has 2 aromatic heterocycles. The molecule has 1 saturated carbocycles. The van der Waals surface area contributed by atoms with Crippen LogP contribution in [0.3, 0.4) is 0 Å². The van der Waals surface area contributed by atoms with Crippen LogP contribution >= 0.6 is 0 Å². The molecule has 2 atom stereocenters. The van der Waals surface area contributed by atoms with Gasteiger partial charge in [0.1, 0.15) is 18.2 Å². The van der Waals surface area contributed by atoms with Crippen LogP contribution in [0.2, 0.25) is 0 Å². The summed E-state index contributed by atoms with van der Waals surface area (Å²) in [6, 6.07) is 4.41. The molecular formula is C21H22N8O2. The van der Waals surface area contributed by atoms with E-state index in [-0.39, 0.29) is 23.4 Å². The van der Waals surface area contributed by atoms with Crippen molar-refractivity contribution in [3.63, 3.8) is 0 Å². The van der Waals surface area contributed by atoms with E-state index in [1.807, 2.05) is 12.1 Å². The van der Waals surface area contributed by atoms with E-state index in [9.17, 15) is 14.9 Å². The van der Waals surface area contributed by atoms with Crippen LogP contribution in [0.25, 0.3) is 11.3 Å². The maximum absolute atomic E-state index is 12.5. The topological polar surface area (TPSA) is 148 Å². The van der Waals surface area contributed by atoms with Crippen LogP contribution in [0.5, 0.6) is 0 Å².